The molecular formula is C13H16BrNO4. The van der Waals surface area contributed by atoms with Gasteiger partial charge >= 0.3 is 5.97 Å². The van der Waals surface area contributed by atoms with E-state index >= 15 is 0 Å². The molecule has 6 heteroatoms. The van der Waals surface area contributed by atoms with Gasteiger partial charge in [-0.25, -0.2) is 4.79 Å². The summed E-state index contributed by atoms with van der Waals surface area (Å²) in [5, 5.41) is 2.95. The fraction of sp³-hybridized carbons (Fsp3) is 0.462. The number of carbonyl (C=O) groups excluding carboxylic acids is 1. The molecule has 1 unspecified atom stereocenters. The summed E-state index contributed by atoms with van der Waals surface area (Å²) >= 11 is 3.43. The average Bonchev–Trinajstić information content (AvgIpc) is 2.40. The predicted octanol–water partition coefficient (Wildman–Crippen LogP) is 2.04. The fourth-order valence-electron chi connectivity index (χ4n) is 1.94. The first-order valence-electron chi connectivity index (χ1n) is 6.10. The van der Waals surface area contributed by atoms with Crippen molar-refractivity contribution in [3.63, 3.8) is 0 Å². The van der Waals surface area contributed by atoms with Crippen molar-refractivity contribution >= 4 is 21.9 Å². The largest absolute Gasteiger partial charge is 0.486 e. The molecule has 0 aliphatic carbocycles. The molecule has 104 valence electrons. The molecule has 1 N–H and O–H groups in total. The molecule has 5 nitrogen and oxygen atoms in total. The van der Waals surface area contributed by atoms with Gasteiger partial charge in [0.1, 0.15) is 19.3 Å². The van der Waals surface area contributed by atoms with Gasteiger partial charge in [0, 0.05) is 0 Å². The second-order valence-corrected chi connectivity index (χ2v) is 4.85. The molecule has 0 amide bonds. The highest BCUT2D eigenvalue weighted by Gasteiger charge is 2.24. The van der Waals surface area contributed by atoms with Crippen molar-refractivity contribution in [2.75, 3.05) is 26.9 Å². The number of likely N-dealkylation sites (N-methyl/N-ethyl adjacent to an activating group) is 1. The molecule has 0 saturated carbocycles. The van der Waals surface area contributed by atoms with Gasteiger partial charge in [-0.3, -0.25) is 0 Å². The van der Waals surface area contributed by atoms with Crippen LogP contribution in [0.5, 0.6) is 11.5 Å². The van der Waals surface area contributed by atoms with Crippen molar-refractivity contribution in [1.82, 2.24) is 5.32 Å². The minimum atomic E-state index is -0.521. The lowest BCUT2D eigenvalue weighted by Gasteiger charge is -2.22. The van der Waals surface area contributed by atoms with Gasteiger partial charge in [0.25, 0.3) is 0 Å². The van der Waals surface area contributed by atoms with Crippen LogP contribution in [0.2, 0.25) is 0 Å². The Morgan fingerprint density at radius 2 is 2.21 bits per heavy atom. The number of rotatable bonds is 4. The number of hydrogen-bond acceptors (Lipinski definition) is 5. The van der Waals surface area contributed by atoms with E-state index < -0.39 is 6.04 Å². The summed E-state index contributed by atoms with van der Waals surface area (Å²) in [7, 11) is 1.71. The van der Waals surface area contributed by atoms with Crippen molar-refractivity contribution in [2.45, 2.75) is 13.0 Å². The highest BCUT2D eigenvalue weighted by molar-refractivity contribution is 9.10. The van der Waals surface area contributed by atoms with Gasteiger partial charge in [-0.2, -0.15) is 0 Å². The average molecular weight is 330 g/mol. The summed E-state index contributed by atoms with van der Waals surface area (Å²) in [5.41, 5.74) is 0.775. The number of esters is 1. The summed E-state index contributed by atoms with van der Waals surface area (Å²) in [5.74, 6) is 1.00. The first-order valence-corrected chi connectivity index (χ1v) is 6.89. The first-order chi connectivity index (χ1) is 9.17. The van der Waals surface area contributed by atoms with Gasteiger partial charge < -0.3 is 19.5 Å². The van der Waals surface area contributed by atoms with Crippen LogP contribution < -0.4 is 14.8 Å². The van der Waals surface area contributed by atoms with Crippen molar-refractivity contribution in [2.24, 2.45) is 0 Å². The molecule has 1 aliphatic heterocycles. The monoisotopic (exact) mass is 329 g/mol. The summed E-state index contributed by atoms with van der Waals surface area (Å²) in [6.07, 6.45) is 0. The predicted molar refractivity (Wildman–Crippen MR) is 73.6 cm³/mol. The van der Waals surface area contributed by atoms with Gasteiger partial charge in [-0.1, -0.05) is 0 Å². The zero-order valence-corrected chi connectivity index (χ0v) is 12.5. The van der Waals surface area contributed by atoms with Crippen LogP contribution in [0.3, 0.4) is 0 Å². The Kier molecular flexibility index (Phi) is 4.66. The Hall–Kier alpha value is -1.27. The van der Waals surface area contributed by atoms with Crippen LogP contribution >= 0.6 is 15.9 Å². The Labute approximate surface area is 120 Å². The number of halogens is 1. The molecular weight excluding hydrogens is 314 g/mol. The van der Waals surface area contributed by atoms with E-state index in [0.717, 1.165) is 10.0 Å². The van der Waals surface area contributed by atoms with Crippen LogP contribution in [0.15, 0.2) is 16.6 Å². The molecule has 19 heavy (non-hydrogen) atoms. The lowest BCUT2D eigenvalue weighted by molar-refractivity contribution is -0.145. The maximum atomic E-state index is 11.9. The van der Waals surface area contributed by atoms with Crippen LogP contribution in [0.1, 0.15) is 18.5 Å². The summed E-state index contributed by atoms with van der Waals surface area (Å²) in [4.78, 5) is 11.9. The SMILES string of the molecule is CCOC(=O)C(NC)c1cc(Br)c2c(c1)OCCO2. The van der Waals surface area contributed by atoms with Crippen molar-refractivity contribution in [1.29, 1.82) is 0 Å². The summed E-state index contributed by atoms with van der Waals surface area (Å²) in [6, 6.07) is 3.12. The van der Waals surface area contributed by atoms with Gasteiger partial charge in [-0.05, 0) is 47.6 Å². The standard InChI is InChI=1S/C13H16BrNO4/c1-3-17-13(16)11(15-2)8-6-9(14)12-10(7-8)18-4-5-19-12/h6-7,11,15H,3-5H2,1-2H3. The van der Waals surface area contributed by atoms with E-state index in [1.54, 1.807) is 20.0 Å². The molecule has 1 aliphatic rings. The molecule has 0 bridgehead atoms. The number of benzene rings is 1. The Balaban J connectivity index is 2.33. The van der Waals surface area contributed by atoms with Gasteiger partial charge in [0.15, 0.2) is 11.5 Å². The van der Waals surface area contributed by atoms with Crippen molar-refractivity contribution in [3.05, 3.63) is 22.2 Å². The van der Waals surface area contributed by atoms with Gasteiger partial charge in [-0.15, -0.1) is 0 Å². The van der Waals surface area contributed by atoms with E-state index in [0.29, 0.717) is 31.3 Å². The third kappa shape index (κ3) is 3.01. The van der Waals surface area contributed by atoms with E-state index in [9.17, 15) is 4.79 Å². The molecule has 1 aromatic rings. The zero-order valence-electron chi connectivity index (χ0n) is 10.9. The van der Waals surface area contributed by atoms with Crippen LogP contribution in [0, 0.1) is 0 Å². The third-order valence-electron chi connectivity index (χ3n) is 2.76. The smallest absolute Gasteiger partial charge is 0.327 e. The molecule has 0 aromatic heterocycles. The number of carbonyl (C=O) groups is 1. The highest BCUT2D eigenvalue weighted by Crippen LogP contribution is 2.39. The maximum absolute atomic E-state index is 11.9. The second-order valence-electron chi connectivity index (χ2n) is 4.00. The van der Waals surface area contributed by atoms with Crippen LogP contribution in [0.4, 0.5) is 0 Å². The lowest BCUT2D eigenvalue weighted by Crippen LogP contribution is -2.27. The molecule has 0 radical (unpaired) electrons. The minimum Gasteiger partial charge on any atom is -0.486 e. The maximum Gasteiger partial charge on any atom is 0.327 e. The van der Waals surface area contributed by atoms with E-state index in [1.807, 2.05) is 6.07 Å². The highest BCUT2D eigenvalue weighted by atomic mass is 79.9. The van der Waals surface area contributed by atoms with E-state index in [2.05, 4.69) is 21.2 Å². The second kappa shape index (κ2) is 6.25. The van der Waals surface area contributed by atoms with Crippen LogP contribution in [-0.4, -0.2) is 32.8 Å². The number of fused-ring (bicyclic) bond motifs is 1. The topological polar surface area (TPSA) is 56.8 Å². The van der Waals surface area contributed by atoms with Crippen LogP contribution in [-0.2, 0) is 9.53 Å². The summed E-state index contributed by atoms with van der Waals surface area (Å²) < 4.78 is 16.9. The number of ether oxygens (including phenoxy) is 3. The normalized spacial score (nSPS) is 14.9. The molecule has 1 aromatic carbocycles. The van der Waals surface area contributed by atoms with E-state index in [1.165, 1.54) is 0 Å². The fourth-order valence-corrected chi connectivity index (χ4v) is 2.52. The Bertz CT molecular complexity index is 478. The lowest BCUT2D eigenvalue weighted by atomic mass is 10.1. The first kappa shape index (κ1) is 14.1. The molecule has 1 atom stereocenters. The molecule has 0 spiro atoms. The number of nitrogens with one attached hydrogen (secondary N) is 1. The Morgan fingerprint density at radius 3 is 2.89 bits per heavy atom. The quantitative estimate of drug-likeness (QED) is 0.857. The number of hydrogen-bond donors (Lipinski definition) is 1. The third-order valence-corrected chi connectivity index (χ3v) is 3.35. The van der Waals surface area contributed by atoms with Crippen molar-refractivity contribution in [3.8, 4) is 11.5 Å². The molecule has 2 rings (SSSR count). The molecule has 1 heterocycles. The van der Waals surface area contributed by atoms with Crippen LogP contribution in [0.25, 0.3) is 0 Å². The minimum absolute atomic E-state index is 0.312. The zero-order chi connectivity index (χ0) is 13.8. The summed E-state index contributed by atoms with van der Waals surface area (Å²) in [6.45, 7) is 3.16. The van der Waals surface area contributed by atoms with Gasteiger partial charge in [0.2, 0.25) is 0 Å². The van der Waals surface area contributed by atoms with E-state index in [4.69, 9.17) is 14.2 Å². The van der Waals surface area contributed by atoms with Crippen molar-refractivity contribution < 1.29 is 19.0 Å². The van der Waals surface area contributed by atoms with Gasteiger partial charge in [0.05, 0.1) is 11.1 Å². The molecule has 0 saturated heterocycles. The Morgan fingerprint density at radius 1 is 1.47 bits per heavy atom. The van der Waals surface area contributed by atoms with E-state index in [-0.39, 0.29) is 5.97 Å². The molecule has 0 fully saturated rings.